The van der Waals surface area contributed by atoms with Crippen molar-refractivity contribution >= 4 is 23.0 Å². The Labute approximate surface area is 141 Å². The van der Waals surface area contributed by atoms with Crippen LogP contribution in [0.1, 0.15) is 5.56 Å². The molecule has 0 aliphatic heterocycles. The molecule has 5 nitrogen and oxygen atoms in total. The molecule has 3 N–H and O–H groups in total. The van der Waals surface area contributed by atoms with Gasteiger partial charge in [0.1, 0.15) is 17.2 Å². The van der Waals surface area contributed by atoms with Crippen molar-refractivity contribution in [3.8, 4) is 17.2 Å². The van der Waals surface area contributed by atoms with E-state index in [1.165, 1.54) is 0 Å². The van der Waals surface area contributed by atoms with Crippen LogP contribution in [0.3, 0.4) is 0 Å². The monoisotopic (exact) mass is 332 g/mol. The van der Waals surface area contributed by atoms with Crippen molar-refractivity contribution in [3.05, 3.63) is 48.0 Å². The molecule has 0 saturated carbocycles. The third-order valence-electron chi connectivity index (χ3n) is 3.24. The number of rotatable bonds is 6. The van der Waals surface area contributed by atoms with Crippen molar-refractivity contribution < 1.29 is 14.6 Å². The molecule has 23 heavy (non-hydrogen) atoms. The van der Waals surface area contributed by atoms with Gasteiger partial charge in [-0.3, -0.25) is 0 Å². The standard InChI is InChI=1S/C17H20N2O3S/c1-21-15-9-13(10-16(11-15)22-2)19-17(23)18-8-7-12-3-5-14(20)6-4-12/h3-6,9-11,20H,7-8H2,1-2H3,(H2,18,19,23). The number of nitrogens with one attached hydrogen (secondary N) is 2. The summed E-state index contributed by atoms with van der Waals surface area (Å²) in [6.45, 7) is 0.692. The number of benzene rings is 2. The summed E-state index contributed by atoms with van der Waals surface area (Å²) >= 11 is 5.29. The number of aromatic hydroxyl groups is 1. The first-order chi connectivity index (χ1) is 11.1. The lowest BCUT2D eigenvalue weighted by atomic mass is 10.1. The van der Waals surface area contributed by atoms with Crippen LogP contribution in [0.25, 0.3) is 0 Å². The molecule has 2 aromatic rings. The zero-order valence-corrected chi connectivity index (χ0v) is 13.9. The van der Waals surface area contributed by atoms with E-state index in [9.17, 15) is 5.11 Å². The number of hydrogen-bond donors (Lipinski definition) is 3. The molecule has 6 heteroatoms. The van der Waals surface area contributed by atoms with Crippen LogP contribution in [0.15, 0.2) is 42.5 Å². The lowest BCUT2D eigenvalue weighted by Crippen LogP contribution is -2.30. The molecule has 0 aliphatic rings. The van der Waals surface area contributed by atoms with E-state index in [1.54, 1.807) is 32.4 Å². The molecule has 122 valence electrons. The smallest absolute Gasteiger partial charge is 0.170 e. The Balaban J connectivity index is 1.85. The van der Waals surface area contributed by atoms with E-state index >= 15 is 0 Å². The highest BCUT2D eigenvalue weighted by molar-refractivity contribution is 7.80. The number of hydrogen-bond acceptors (Lipinski definition) is 4. The molecule has 0 aromatic heterocycles. The first kappa shape index (κ1) is 16.9. The van der Waals surface area contributed by atoms with E-state index in [0.29, 0.717) is 23.2 Å². The molecule has 0 unspecified atom stereocenters. The average Bonchev–Trinajstić information content (AvgIpc) is 2.56. The third kappa shape index (κ3) is 5.34. The fourth-order valence-electron chi connectivity index (χ4n) is 2.04. The SMILES string of the molecule is COc1cc(NC(=S)NCCc2ccc(O)cc2)cc(OC)c1. The van der Waals surface area contributed by atoms with Gasteiger partial charge in [-0.2, -0.15) is 0 Å². The topological polar surface area (TPSA) is 62.8 Å². The number of thiocarbonyl (C=S) groups is 1. The second kappa shape index (κ2) is 8.24. The van der Waals surface area contributed by atoms with E-state index in [-0.39, 0.29) is 5.75 Å². The van der Waals surface area contributed by atoms with Gasteiger partial charge in [-0.25, -0.2) is 0 Å². The highest BCUT2D eigenvalue weighted by Gasteiger charge is 2.04. The lowest BCUT2D eigenvalue weighted by Gasteiger charge is -2.13. The average molecular weight is 332 g/mol. The van der Waals surface area contributed by atoms with E-state index < -0.39 is 0 Å². The Morgan fingerprint density at radius 1 is 1.04 bits per heavy atom. The predicted molar refractivity (Wildman–Crippen MR) is 95.6 cm³/mol. The maximum atomic E-state index is 9.25. The molecular formula is C17H20N2O3S. The Morgan fingerprint density at radius 2 is 1.65 bits per heavy atom. The van der Waals surface area contributed by atoms with Crippen LogP contribution in [-0.2, 0) is 6.42 Å². The van der Waals surface area contributed by atoms with Gasteiger partial charge in [0.2, 0.25) is 0 Å². The second-order valence-electron chi connectivity index (χ2n) is 4.90. The Morgan fingerprint density at radius 3 is 2.22 bits per heavy atom. The van der Waals surface area contributed by atoms with E-state index in [2.05, 4.69) is 10.6 Å². The lowest BCUT2D eigenvalue weighted by molar-refractivity contribution is 0.395. The third-order valence-corrected chi connectivity index (χ3v) is 3.49. The molecule has 0 saturated heterocycles. The van der Waals surface area contributed by atoms with Crippen LogP contribution in [-0.4, -0.2) is 31.0 Å². The summed E-state index contributed by atoms with van der Waals surface area (Å²) in [7, 11) is 3.21. The van der Waals surface area contributed by atoms with E-state index in [1.807, 2.05) is 24.3 Å². The van der Waals surface area contributed by atoms with Crippen molar-refractivity contribution in [3.63, 3.8) is 0 Å². The summed E-state index contributed by atoms with van der Waals surface area (Å²) in [5.74, 6) is 1.66. The van der Waals surface area contributed by atoms with Gasteiger partial charge in [0, 0.05) is 30.4 Å². The second-order valence-corrected chi connectivity index (χ2v) is 5.31. The van der Waals surface area contributed by atoms with Crippen molar-refractivity contribution in [2.24, 2.45) is 0 Å². The number of phenolic OH excluding ortho intramolecular Hbond substituents is 1. The molecule has 0 radical (unpaired) electrons. The van der Waals surface area contributed by atoms with Gasteiger partial charge in [0.15, 0.2) is 5.11 Å². The molecular weight excluding hydrogens is 312 g/mol. The Kier molecular flexibility index (Phi) is 6.05. The molecule has 0 bridgehead atoms. The Bertz CT molecular complexity index is 637. The number of ether oxygens (including phenoxy) is 2. The summed E-state index contributed by atoms with van der Waals surface area (Å²) in [4.78, 5) is 0. The molecule has 2 aromatic carbocycles. The summed E-state index contributed by atoms with van der Waals surface area (Å²) in [6.07, 6.45) is 0.809. The Hall–Kier alpha value is -2.47. The molecule has 0 amide bonds. The highest BCUT2D eigenvalue weighted by atomic mass is 32.1. The summed E-state index contributed by atoms with van der Waals surface area (Å²) in [5.41, 5.74) is 1.92. The minimum atomic E-state index is 0.269. The number of phenols is 1. The molecule has 0 fully saturated rings. The first-order valence-corrected chi connectivity index (χ1v) is 7.57. The predicted octanol–water partition coefficient (Wildman–Crippen LogP) is 2.94. The van der Waals surface area contributed by atoms with Gasteiger partial charge >= 0.3 is 0 Å². The maximum Gasteiger partial charge on any atom is 0.170 e. The van der Waals surface area contributed by atoms with Gasteiger partial charge in [-0.05, 0) is 36.3 Å². The zero-order chi connectivity index (χ0) is 16.7. The molecule has 0 aliphatic carbocycles. The van der Waals surface area contributed by atoms with E-state index in [0.717, 1.165) is 17.7 Å². The van der Waals surface area contributed by atoms with Gasteiger partial charge in [-0.1, -0.05) is 12.1 Å². The minimum Gasteiger partial charge on any atom is -0.508 e. The number of anilines is 1. The summed E-state index contributed by atoms with van der Waals surface area (Å²) in [5, 5.41) is 16.0. The fraction of sp³-hybridized carbons (Fsp3) is 0.235. The van der Waals surface area contributed by atoms with Crippen LogP contribution >= 0.6 is 12.2 Å². The number of methoxy groups -OCH3 is 2. The summed E-state index contributed by atoms with van der Waals surface area (Å²) in [6, 6.07) is 12.6. The van der Waals surface area contributed by atoms with Crippen LogP contribution in [0.5, 0.6) is 17.2 Å². The van der Waals surface area contributed by atoms with Crippen LogP contribution in [0.4, 0.5) is 5.69 Å². The first-order valence-electron chi connectivity index (χ1n) is 7.16. The zero-order valence-electron chi connectivity index (χ0n) is 13.1. The normalized spacial score (nSPS) is 10.0. The maximum absolute atomic E-state index is 9.25. The molecule has 0 spiro atoms. The quantitative estimate of drug-likeness (QED) is 0.707. The minimum absolute atomic E-state index is 0.269. The van der Waals surface area contributed by atoms with Gasteiger partial charge in [0.25, 0.3) is 0 Å². The fourth-order valence-corrected chi connectivity index (χ4v) is 2.26. The van der Waals surface area contributed by atoms with Crippen LogP contribution in [0, 0.1) is 0 Å². The highest BCUT2D eigenvalue weighted by Crippen LogP contribution is 2.25. The molecule has 2 rings (SSSR count). The van der Waals surface area contributed by atoms with Crippen molar-refractivity contribution in [1.29, 1.82) is 0 Å². The van der Waals surface area contributed by atoms with Gasteiger partial charge in [-0.15, -0.1) is 0 Å². The van der Waals surface area contributed by atoms with Crippen LogP contribution < -0.4 is 20.1 Å². The molecule has 0 atom stereocenters. The van der Waals surface area contributed by atoms with Crippen molar-refractivity contribution in [2.75, 3.05) is 26.1 Å². The van der Waals surface area contributed by atoms with Crippen LogP contribution in [0.2, 0.25) is 0 Å². The van der Waals surface area contributed by atoms with Crippen molar-refractivity contribution in [2.45, 2.75) is 6.42 Å². The summed E-state index contributed by atoms with van der Waals surface area (Å²) < 4.78 is 10.4. The van der Waals surface area contributed by atoms with E-state index in [4.69, 9.17) is 21.7 Å². The molecule has 0 heterocycles. The van der Waals surface area contributed by atoms with Gasteiger partial charge in [0.05, 0.1) is 14.2 Å². The van der Waals surface area contributed by atoms with Crippen molar-refractivity contribution in [1.82, 2.24) is 5.32 Å². The van der Waals surface area contributed by atoms with Gasteiger partial charge < -0.3 is 25.2 Å². The largest absolute Gasteiger partial charge is 0.508 e.